The lowest BCUT2D eigenvalue weighted by Gasteiger charge is -2.17. The number of rotatable bonds is 10. The van der Waals surface area contributed by atoms with Crippen LogP contribution >= 0.6 is 0 Å². The van der Waals surface area contributed by atoms with Crippen molar-refractivity contribution in [3.8, 4) is 45.8 Å². The summed E-state index contributed by atoms with van der Waals surface area (Å²) < 4.78 is 39.6. The average molecular weight is 444 g/mol. The van der Waals surface area contributed by atoms with Gasteiger partial charge in [0.05, 0.1) is 41.2 Å². The van der Waals surface area contributed by atoms with Crippen molar-refractivity contribution in [3.05, 3.63) is 34.5 Å². The molecule has 0 amide bonds. The van der Waals surface area contributed by atoms with Gasteiger partial charge >= 0.3 is 0 Å². The van der Waals surface area contributed by atoms with Crippen LogP contribution in [0.25, 0.3) is 22.3 Å². The maximum atomic E-state index is 13.5. The van der Waals surface area contributed by atoms with Crippen molar-refractivity contribution in [2.45, 2.75) is 20.8 Å². The van der Waals surface area contributed by atoms with Gasteiger partial charge < -0.3 is 32.8 Å². The van der Waals surface area contributed by atoms with Gasteiger partial charge in [-0.15, -0.1) is 0 Å². The Morgan fingerprint density at radius 1 is 0.719 bits per heavy atom. The molecule has 0 atom stereocenters. The second-order valence-corrected chi connectivity index (χ2v) is 6.57. The van der Waals surface area contributed by atoms with E-state index in [1.807, 2.05) is 20.8 Å². The summed E-state index contributed by atoms with van der Waals surface area (Å²) in [6, 6.07) is 6.91. The topological polar surface area (TPSA) is 85.6 Å². The molecule has 0 saturated carbocycles. The summed E-state index contributed by atoms with van der Waals surface area (Å²) in [5.41, 5.74) is 0.485. The van der Waals surface area contributed by atoms with E-state index in [1.54, 1.807) is 24.3 Å². The monoisotopic (exact) mass is 444 g/mol. The lowest BCUT2D eigenvalue weighted by Crippen LogP contribution is -2.11. The van der Waals surface area contributed by atoms with Crippen LogP contribution in [-0.2, 0) is 0 Å². The van der Waals surface area contributed by atoms with Crippen LogP contribution in [0.4, 0.5) is 0 Å². The molecule has 0 spiro atoms. The van der Waals surface area contributed by atoms with Gasteiger partial charge in [-0.25, -0.2) is 0 Å². The van der Waals surface area contributed by atoms with Crippen molar-refractivity contribution < 1.29 is 32.8 Å². The molecular formula is C24H28O8. The Bertz CT molecular complexity index is 1150. The largest absolute Gasteiger partial charge is 0.493 e. The van der Waals surface area contributed by atoms with Gasteiger partial charge in [-0.1, -0.05) is 0 Å². The Balaban J connectivity index is 2.34. The summed E-state index contributed by atoms with van der Waals surface area (Å²) >= 11 is 0. The fraction of sp³-hybridized carbons (Fsp3) is 0.375. The van der Waals surface area contributed by atoms with Gasteiger partial charge in [0.1, 0.15) is 11.0 Å². The molecule has 0 aliphatic rings. The first-order chi connectivity index (χ1) is 15.5. The molecule has 172 valence electrons. The second kappa shape index (κ2) is 10.2. The Kier molecular flexibility index (Phi) is 7.35. The van der Waals surface area contributed by atoms with E-state index in [1.165, 1.54) is 21.3 Å². The lowest BCUT2D eigenvalue weighted by molar-refractivity contribution is 0.288. The van der Waals surface area contributed by atoms with Crippen LogP contribution < -0.4 is 33.8 Å². The van der Waals surface area contributed by atoms with E-state index in [0.717, 1.165) is 0 Å². The highest BCUT2D eigenvalue weighted by molar-refractivity contribution is 5.92. The van der Waals surface area contributed by atoms with Crippen LogP contribution in [0.5, 0.6) is 34.5 Å². The number of fused-ring (bicyclic) bond motifs is 1. The van der Waals surface area contributed by atoms with E-state index in [9.17, 15) is 4.79 Å². The zero-order valence-electron chi connectivity index (χ0n) is 19.2. The number of hydrogen-bond acceptors (Lipinski definition) is 8. The third kappa shape index (κ3) is 4.12. The van der Waals surface area contributed by atoms with Gasteiger partial charge in [0.15, 0.2) is 28.8 Å². The number of methoxy groups -OCH3 is 3. The first-order valence-corrected chi connectivity index (χ1v) is 10.4. The molecule has 8 heteroatoms. The third-order valence-electron chi connectivity index (χ3n) is 4.74. The van der Waals surface area contributed by atoms with E-state index in [4.69, 9.17) is 32.8 Å². The fourth-order valence-corrected chi connectivity index (χ4v) is 3.46. The van der Waals surface area contributed by atoms with Crippen LogP contribution in [0.2, 0.25) is 0 Å². The highest BCUT2D eigenvalue weighted by Gasteiger charge is 2.25. The predicted molar refractivity (Wildman–Crippen MR) is 121 cm³/mol. The Hall–Kier alpha value is -3.55. The van der Waals surface area contributed by atoms with Crippen molar-refractivity contribution in [1.82, 2.24) is 0 Å². The Labute approximate surface area is 186 Å². The van der Waals surface area contributed by atoms with Crippen molar-refractivity contribution in [1.29, 1.82) is 0 Å². The maximum Gasteiger partial charge on any atom is 0.239 e. The van der Waals surface area contributed by atoms with Gasteiger partial charge in [-0.05, 0) is 39.0 Å². The van der Waals surface area contributed by atoms with Crippen molar-refractivity contribution in [3.63, 3.8) is 0 Å². The van der Waals surface area contributed by atoms with Crippen LogP contribution in [0.3, 0.4) is 0 Å². The van der Waals surface area contributed by atoms with E-state index in [0.29, 0.717) is 48.4 Å². The van der Waals surface area contributed by atoms with Crippen LogP contribution in [0.15, 0.2) is 33.5 Å². The normalized spacial score (nSPS) is 10.7. The van der Waals surface area contributed by atoms with Gasteiger partial charge in [0.25, 0.3) is 0 Å². The molecule has 0 unspecified atom stereocenters. The number of benzene rings is 2. The zero-order chi connectivity index (χ0) is 23.3. The first kappa shape index (κ1) is 23.1. The highest BCUT2D eigenvalue weighted by Crippen LogP contribution is 2.45. The highest BCUT2D eigenvalue weighted by atomic mass is 16.5. The molecule has 0 aliphatic heterocycles. The number of ether oxygens (including phenoxy) is 6. The predicted octanol–water partition coefficient (Wildman–Crippen LogP) is 4.68. The van der Waals surface area contributed by atoms with Gasteiger partial charge in [-0.2, -0.15) is 0 Å². The van der Waals surface area contributed by atoms with Crippen LogP contribution in [0.1, 0.15) is 20.8 Å². The number of hydrogen-bond donors (Lipinski definition) is 0. The molecule has 0 bridgehead atoms. The maximum absolute atomic E-state index is 13.5. The molecule has 0 N–H and O–H groups in total. The Morgan fingerprint density at radius 2 is 1.38 bits per heavy atom. The lowest BCUT2D eigenvalue weighted by atomic mass is 10.1. The summed E-state index contributed by atoms with van der Waals surface area (Å²) in [4.78, 5) is 13.5. The zero-order valence-corrected chi connectivity index (χ0v) is 19.2. The molecule has 0 radical (unpaired) electrons. The summed E-state index contributed by atoms with van der Waals surface area (Å²) in [5.74, 6) is 2.36. The Morgan fingerprint density at radius 3 is 1.97 bits per heavy atom. The molecule has 8 nitrogen and oxygen atoms in total. The molecule has 0 saturated heterocycles. The molecule has 1 aromatic heterocycles. The molecule has 3 aromatic rings. The van der Waals surface area contributed by atoms with E-state index in [2.05, 4.69) is 0 Å². The summed E-state index contributed by atoms with van der Waals surface area (Å²) in [6.07, 6.45) is 0. The SMILES string of the molecule is CCOc1ccc(-c2oc3cc(OC)c(OC)c(OCC)c3c(=O)c2OC)cc1OCC. The van der Waals surface area contributed by atoms with Gasteiger partial charge in [0, 0.05) is 11.6 Å². The van der Waals surface area contributed by atoms with E-state index < -0.39 is 0 Å². The van der Waals surface area contributed by atoms with Gasteiger partial charge in [0.2, 0.25) is 16.9 Å². The molecule has 2 aromatic carbocycles. The average Bonchev–Trinajstić information content (AvgIpc) is 2.80. The summed E-state index contributed by atoms with van der Waals surface area (Å²) in [6.45, 7) is 6.86. The molecule has 32 heavy (non-hydrogen) atoms. The minimum absolute atomic E-state index is 0.0391. The second-order valence-electron chi connectivity index (χ2n) is 6.57. The standard InChI is InChI=1S/C24H28O8/c1-7-29-15-11-10-14(12-16(15)30-8-2)21-24(28-6)20(25)19-17(32-21)13-18(26-4)22(27-5)23(19)31-9-3/h10-13H,7-9H2,1-6H3. The summed E-state index contributed by atoms with van der Waals surface area (Å²) in [7, 11) is 4.40. The minimum atomic E-state index is -0.389. The molecule has 1 heterocycles. The molecule has 0 aliphatic carbocycles. The van der Waals surface area contributed by atoms with Crippen LogP contribution in [-0.4, -0.2) is 41.2 Å². The smallest absolute Gasteiger partial charge is 0.239 e. The fourth-order valence-electron chi connectivity index (χ4n) is 3.46. The molecule has 3 rings (SSSR count). The summed E-state index contributed by atoms with van der Waals surface area (Å²) in [5, 5.41) is 0.209. The quantitative estimate of drug-likeness (QED) is 0.446. The van der Waals surface area contributed by atoms with Crippen molar-refractivity contribution in [2.24, 2.45) is 0 Å². The van der Waals surface area contributed by atoms with Crippen molar-refractivity contribution in [2.75, 3.05) is 41.2 Å². The van der Waals surface area contributed by atoms with Crippen molar-refractivity contribution >= 4 is 11.0 Å². The molecule has 0 fully saturated rings. The third-order valence-corrected chi connectivity index (χ3v) is 4.74. The minimum Gasteiger partial charge on any atom is -0.493 e. The first-order valence-electron chi connectivity index (χ1n) is 10.4. The van der Waals surface area contributed by atoms with E-state index >= 15 is 0 Å². The van der Waals surface area contributed by atoms with E-state index in [-0.39, 0.29) is 33.7 Å². The molecular weight excluding hydrogens is 416 g/mol. The van der Waals surface area contributed by atoms with Crippen LogP contribution in [0, 0.1) is 0 Å². The van der Waals surface area contributed by atoms with Gasteiger partial charge in [-0.3, -0.25) is 4.79 Å².